The number of hydrogen-bond acceptors (Lipinski definition) is 5. The molecule has 0 bridgehead atoms. The number of Topliss-reactive ketones (excluding diaryl/α,β-unsaturated/α-hetero) is 1. The van der Waals surface area contributed by atoms with Crippen LogP contribution in [0.15, 0.2) is 18.2 Å². The van der Waals surface area contributed by atoms with Gasteiger partial charge in [0.2, 0.25) is 5.78 Å². The maximum atomic E-state index is 12.0. The van der Waals surface area contributed by atoms with E-state index in [0.717, 1.165) is 12.0 Å². The Morgan fingerprint density at radius 3 is 2.81 bits per heavy atom. The number of aldehydes is 1. The first-order valence-electron chi connectivity index (χ1n) is 7.03. The standard InChI is InChI=1S/C15H17N3O3/c16-10-3-1-2-9-13(10)14(18-15(9)21)8-4-5-11(17-6-8)12(20)7-19/h1-3,7-8,11,14,17H,4-6,16H2,(H,18,21). The van der Waals surface area contributed by atoms with Crippen LogP contribution in [0.25, 0.3) is 0 Å². The minimum atomic E-state index is -0.413. The van der Waals surface area contributed by atoms with Gasteiger partial charge in [-0.2, -0.15) is 0 Å². The van der Waals surface area contributed by atoms with Gasteiger partial charge in [-0.05, 0) is 30.9 Å². The number of rotatable bonds is 3. The molecule has 1 aromatic rings. The van der Waals surface area contributed by atoms with Crippen LogP contribution < -0.4 is 16.4 Å². The van der Waals surface area contributed by atoms with Crippen LogP contribution in [0.3, 0.4) is 0 Å². The van der Waals surface area contributed by atoms with Crippen LogP contribution in [0.5, 0.6) is 0 Å². The lowest BCUT2D eigenvalue weighted by Gasteiger charge is -2.32. The van der Waals surface area contributed by atoms with Crippen molar-refractivity contribution in [2.24, 2.45) is 5.92 Å². The Morgan fingerprint density at radius 2 is 2.14 bits per heavy atom. The first-order valence-corrected chi connectivity index (χ1v) is 7.03. The minimum absolute atomic E-state index is 0.103. The summed E-state index contributed by atoms with van der Waals surface area (Å²) in [5.74, 6) is -0.354. The van der Waals surface area contributed by atoms with Crippen molar-refractivity contribution in [3.63, 3.8) is 0 Å². The van der Waals surface area contributed by atoms with E-state index in [-0.39, 0.29) is 17.9 Å². The quantitative estimate of drug-likeness (QED) is 0.418. The van der Waals surface area contributed by atoms with Crippen LogP contribution in [-0.2, 0) is 9.59 Å². The van der Waals surface area contributed by atoms with Gasteiger partial charge in [-0.1, -0.05) is 6.07 Å². The summed E-state index contributed by atoms with van der Waals surface area (Å²) in [7, 11) is 0. The largest absolute Gasteiger partial charge is 0.398 e. The molecule has 6 nitrogen and oxygen atoms in total. The Balaban J connectivity index is 1.78. The summed E-state index contributed by atoms with van der Waals surface area (Å²) >= 11 is 0. The number of fused-ring (bicyclic) bond motifs is 1. The number of nitrogens with two attached hydrogens (primary N) is 1. The number of ketones is 1. The lowest BCUT2D eigenvalue weighted by molar-refractivity contribution is -0.131. The van der Waals surface area contributed by atoms with Gasteiger partial charge in [-0.3, -0.25) is 14.4 Å². The molecule has 1 amide bonds. The van der Waals surface area contributed by atoms with E-state index < -0.39 is 11.8 Å². The summed E-state index contributed by atoms with van der Waals surface area (Å²) in [6, 6.07) is 4.81. The van der Waals surface area contributed by atoms with Gasteiger partial charge in [0.25, 0.3) is 5.91 Å². The number of nitrogens with one attached hydrogen (secondary N) is 2. The zero-order valence-corrected chi connectivity index (χ0v) is 11.5. The highest BCUT2D eigenvalue weighted by Gasteiger charge is 2.38. The number of carbonyl (C=O) groups excluding carboxylic acids is 3. The maximum Gasteiger partial charge on any atom is 0.252 e. The van der Waals surface area contributed by atoms with Crippen molar-refractivity contribution in [2.75, 3.05) is 12.3 Å². The normalized spacial score (nSPS) is 27.8. The van der Waals surface area contributed by atoms with Gasteiger partial charge in [0.15, 0.2) is 6.29 Å². The predicted octanol–water partition coefficient (Wildman–Crippen LogP) is 0.189. The lowest BCUT2D eigenvalue weighted by Crippen LogP contribution is -2.47. The van der Waals surface area contributed by atoms with Crippen molar-refractivity contribution in [3.05, 3.63) is 29.3 Å². The maximum absolute atomic E-state index is 12.0. The van der Waals surface area contributed by atoms with Gasteiger partial charge in [-0.15, -0.1) is 0 Å². The smallest absolute Gasteiger partial charge is 0.252 e. The first kappa shape index (κ1) is 13.8. The third kappa shape index (κ3) is 2.31. The van der Waals surface area contributed by atoms with Crippen molar-refractivity contribution in [3.8, 4) is 0 Å². The van der Waals surface area contributed by atoms with Gasteiger partial charge >= 0.3 is 0 Å². The molecule has 1 fully saturated rings. The van der Waals surface area contributed by atoms with Crippen molar-refractivity contribution >= 4 is 23.7 Å². The zero-order valence-electron chi connectivity index (χ0n) is 11.5. The second kappa shape index (κ2) is 5.29. The highest BCUT2D eigenvalue weighted by atomic mass is 16.2. The molecule has 2 aliphatic rings. The van der Waals surface area contributed by atoms with Crippen LogP contribution in [0.2, 0.25) is 0 Å². The average molecular weight is 287 g/mol. The molecule has 1 aromatic carbocycles. The van der Waals surface area contributed by atoms with E-state index in [1.807, 2.05) is 0 Å². The Kier molecular flexibility index (Phi) is 3.47. The molecule has 2 aliphatic heterocycles. The summed E-state index contributed by atoms with van der Waals surface area (Å²) in [5, 5.41) is 6.06. The summed E-state index contributed by atoms with van der Waals surface area (Å²) in [4.78, 5) is 33.9. The van der Waals surface area contributed by atoms with Crippen molar-refractivity contribution < 1.29 is 14.4 Å². The van der Waals surface area contributed by atoms with E-state index >= 15 is 0 Å². The highest BCUT2D eigenvalue weighted by molar-refractivity contribution is 6.27. The number of amides is 1. The highest BCUT2D eigenvalue weighted by Crippen LogP contribution is 2.37. The SMILES string of the molecule is Nc1cccc2c1C(C1CCC(C(=O)C=O)NC1)NC2=O. The molecule has 3 atom stereocenters. The topological polar surface area (TPSA) is 101 Å². The molecule has 0 aliphatic carbocycles. The molecule has 0 aromatic heterocycles. The van der Waals surface area contributed by atoms with Crippen molar-refractivity contribution in [1.29, 1.82) is 0 Å². The number of piperidine rings is 1. The van der Waals surface area contributed by atoms with Gasteiger partial charge in [-0.25, -0.2) is 0 Å². The number of carbonyl (C=O) groups is 3. The van der Waals surface area contributed by atoms with Crippen LogP contribution in [0, 0.1) is 5.92 Å². The lowest BCUT2D eigenvalue weighted by atomic mass is 9.84. The average Bonchev–Trinajstić information content (AvgIpc) is 2.85. The van der Waals surface area contributed by atoms with Gasteiger partial charge < -0.3 is 16.4 Å². The molecule has 0 radical (unpaired) electrons. The summed E-state index contributed by atoms with van der Waals surface area (Å²) < 4.78 is 0. The van der Waals surface area contributed by atoms with Crippen LogP contribution >= 0.6 is 0 Å². The minimum Gasteiger partial charge on any atom is -0.398 e. The fourth-order valence-electron chi connectivity index (χ4n) is 3.26. The van der Waals surface area contributed by atoms with E-state index in [9.17, 15) is 14.4 Å². The molecule has 0 spiro atoms. The molecular weight excluding hydrogens is 270 g/mol. The van der Waals surface area contributed by atoms with Gasteiger partial charge in [0, 0.05) is 23.4 Å². The Labute approximate surface area is 122 Å². The summed E-state index contributed by atoms with van der Waals surface area (Å²) in [6.07, 6.45) is 1.72. The molecule has 21 heavy (non-hydrogen) atoms. The molecule has 4 N–H and O–H groups in total. The van der Waals surface area contributed by atoms with Gasteiger partial charge in [0.05, 0.1) is 12.1 Å². The van der Waals surface area contributed by atoms with E-state index in [0.29, 0.717) is 30.5 Å². The van der Waals surface area contributed by atoms with Crippen LogP contribution in [0.1, 0.15) is 34.8 Å². The van der Waals surface area contributed by atoms with E-state index in [1.54, 1.807) is 18.2 Å². The molecule has 1 saturated heterocycles. The molecule has 3 rings (SSSR count). The molecule has 6 heteroatoms. The second-order valence-corrected chi connectivity index (χ2v) is 5.58. The molecule has 110 valence electrons. The van der Waals surface area contributed by atoms with Crippen LogP contribution in [-0.4, -0.2) is 30.6 Å². The second-order valence-electron chi connectivity index (χ2n) is 5.58. The monoisotopic (exact) mass is 287 g/mol. The number of nitrogen functional groups attached to an aromatic ring is 1. The molecular formula is C15H17N3O3. The van der Waals surface area contributed by atoms with E-state index in [2.05, 4.69) is 10.6 Å². The molecule has 0 saturated carbocycles. The van der Waals surface area contributed by atoms with Crippen molar-refractivity contribution in [2.45, 2.75) is 24.9 Å². The first-order chi connectivity index (χ1) is 10.1. The third-order valence-electron chi connectivity index (χ3n) is 4.37. The number of anilines is 1. The third-order valence-corrected chi connectivity index (χ3v) is 4.37. The van der Waals surface area contributed by atoms with Crippen molar-refractivity contribution in [1.82, 2.24) is 10.6 Å². The van der Waals surface area contributed by atoms with Crippen LogP contribution in [0.4, 0.5) is 5.69 Å². The number of hydrogen-bond donors (Lipinski definition) is 3. The van der Waals surface area contributed by atoms with E-state index in [4.69, 9.17) is 5.73 Å². The summed E-state index contributed by atoms with van der Waals surface area (Å²) in [6.45, 7) is 0.572. The van der Waals surface area contributed by atoms with E-state index in [1.165, 1.54) is 0 Å². The molecule has 3 unspecified atom stereocenters. The van der Waals surface area contributed by atoms with Gasteiger partial charge in [0.1, 0.15) is 0 Å². The Bertz CT molecular complexity index is 606. The number of benzene rings is 1. The zero-order chi connectivity index (χ0) is 15.0. The summed E-state index contributed by atoms with van der Waals surface area (Å²) in [5.41, 5.74) is 8.11. The fourth-order valence-corrected chi connectivity index (χ4v) is 3.26. The Hall–Kier alpha value is -2.21. The Morgan fingerprint density at radius 1 is 1.33 bits per heavy atom. The predicted molar refractivity (Wildman–Crippen MR) is 76.6 cm³/mol. The molecule has 2 heterocycles. The fraction of sp³-hybridized carbons (Fsp3) is 0.400.